The van der Waals surface area contributed by atoms with Gasteiger partial charge in [-0.15, -0.1) is 0 Å². The molecule has 7 heteroatoms. The number of anilines is 1. The van der Waals surface area contributed by atoms with Gasteiger partial charge < -0.3 is 4.74 Å². The van der Waals surface area contributed by atoms with E-state index < -0.39 is 10.0 Å². The van der Waals surface area contributed by atoms with E-state index in [-0.39, 0.29) is 5.88 Å². The number of nitrogens with zero attached hydrogens (tertiary/aromatic N) is 1. The molecule has 0 aliphatic carbocycles. The van der Waals surface area contributed by atoms with E-state index in [0.717, 1.165) is 6.26 Å². The SMILES string of the molecule is COc1nc(Br)ccc1NS(C)(=O)=O. The second kappa shape index (κ2) is 4.14. The van der Waals surface area contributed by atoms with Gasteiger partial charge in [0.05, 0.1) is 13.4 Å². The lowest BCUT2D eigenvalue weighted by Crippen LogP contribution is -2.11. The van der Waals surface area contributed by atoms with Gasteiger partial charge in [0.15, 0.2) is 0 Å². The summed E-state index contributed by atoms with van der Waals surface area (Å²) in [5.74, 6) is 0.227. The summed E-state index contributed by atoms with van der Waals surface area (Å²) in [4.78, 5) is 3.94. The van der Waals surface area contributed by atoms with Gasteiger partial charge in [-0.3, -0.25) is 4.72 Å². The van der Waals surface area contributed by atoms with Crippen LogP contribution in [0.5, 0.6) is 5.88 Å². The Balaban J connectivity index is 3.09. The van der Waals surface area contributed by atoms with Crippen molar-refractivity contribution in [2.45, 2.75) is 0 Å². The molecule has 0 saturated carbocycles. The van der Waals surface area contributed by atoms with Crippen molar-refractivity contribution >= 4 is 31.6 Å². The highest BCUT2D eigenvalue weighted by Crippen LogP contribution is 2.24. The normalized spacial score (nSPS) is 11.1. The van der Waals surface area contributed by atoms with Crippen molar-refractivity contribution in [1.82, 2.24) is 4.98 Å². The highest BCUT2D eigenvalue weighted by atomic mass is 79.9. The maximum absolute atomic E-state index is 10.9. The maximum atomic E-state index is 10.9. The predicted molar refractivity (Wildman–Crippen MR) is 57.0 cm³/mol. The van der Waals surface area contributed by atoms with Crippen molar-refractivity contribution in [3.8, 4) is 5.88 Å². The molecule has 0 amide bonds. The first kappa shape index (κ1) is 11.3. The van der Waals surface area contributed by atoms with Crippen LogP contribution in [0.25, 0.3) is 0 Å². The third-order valence-corrected chi connectivity index (χ3v) is 2.35. The second-order valence-electron chi connectivity index (χ2n) is 2.57. The molecule has 1 heterocycles. The number of halogens is 1. The Hall–Kier alpha value is -0.820. The number of hydrogen-bond acceptors (Lipinski definition) is 4. The molecule has 1 aromatic rings. The Kier molecular flexibility index (Phi) is 3.33. The minimum absolute atomic E-state index is 0.227. The highest BCUT2D eigenvalue weighted by Gasteiger charge is 2.09. The van der Waals surface area contributed by atoms with Gasteiger partial charge in [-0.25, -0.2) is 13.4 Å². The first-order chi connectivity index (χ1) is 6.42. The number of hydrogen-bond donors (Lipinski definition) is 1. The van der Waals surface area contributed by atoms with Gasteiger partial charge in [0, 0.05) is 0 Å². The van der Waals surface area contributed by atoms with E-state index in [1.54, 1.807) is 12.1 Å². The molecule has 1 aromatic heterocycles. The molecule has 0 atom stereocenters. The molecule has 1 rings (SSSR count). The molecule has 0 aromatic carbocycles. The third-order valence-electron chi connectivity index (χ3n) is 1.31. The second-order valence-corrected chi connectivity index (χ2v) is 5.13. The molecule has 0 aliphatic heterocycles. The van der Waals surface area contributed by atoms with Crippen molar-refractivity contribution < 1.29 is 13.2 Å². The lowest BCUT2D eigenvalue weighted by atomic mass is 10.4. The van der Waals surface area contributed by atoms with E-state index >= 15 is 0 Å². The zero-order chi connectivity index (χ0) is 10.8. The van der Waals surface area contributed by atoms with Crippen LogP contribution in [0.1, 0.15) is 0 Å². The van der Waals surface area contributed by atoms with Crippen molar-refractivity contribution in [3.05, 3.63) is 16.7 Å². The fourth-order valence-electron chi connectivity index (χ4n) is 0.851. The molecule has 0 unspecified atom stereocenters. The Morgan fingerprint density at radius 2 is 2.14 bits per heavy atom. The van der Waals surface area contributed by atoms with E-state index in [9.17, 15) is 8.42 Å². The van der Waals surface area contributed by atoms with E-state index in [2.05, 4.69) is 25.6 Å². The fourth-order valence-corrected chi connectivity index (χ4v) is 1.70. The zero-order valence-electron chi connectivity index (χ0n) is 7.61. The molecule has 14 heavy (non-hydrogen) atoms. The molecule has 0 saturated heterocycles. The van der Waals surface area contributed by atoms with Crippen molar-refractivity contribution in [2.75, 3.05) is 18.1 Å². The van der Waals surface area contributed by atoms with Gasteiger partial charge in [0.2, 0.25) is 15.9 Å². The standard InChI is InChI=1S/C7H9BrN2O3S/c1-13-7-5(10-14(2,11)12)3-4-6(8)9-7/h3-4,10H,1-2H3. The van der Waals surface area contributed by atoms with E-state index in [1.807, 2.05) is 0 Å². The molecule has 0 aliphatic rings. The average Bonchev–Trinajstić information content (AvgIpc) is 2.06. The lowest BCUT2D eigenvalue weighted by Gasteiger charge is -2.08. The summed E-state index contributed by atoms with van der Waals surface area (Å²) >= 11 is 3.15. The van der Waals surface area contributed by atoms with E-state index in [4.69, 9.17) is 4.74 Å². The molecule has 1 N–H and O–H groups in total. The summed E-state index contributed by atoms with van der Waals surface area (Å²) in [6, 6.07) is 3.19. The van der Waals surface area contributed by atoms with Crippen molar-refractivity contribution in [2.24, 2.45) is 0 Å². The van der Waals surface area contributed by atoms with Crippen molar-refractivity contribution in [1.29, 1.82) is 0 Å². The summed E-state index contributed by atoms with van der Waals surface area (Å²) in [7, 11) is -1.89. The molecular weight excluding hydrogens is 272 g/mol. The first-order valence-corrected chi connectivity index (χ1v) is 6.29. The van der Waals surface area contributed by atoms with E-state index in [1.165, 1.54) is 7.11 Å². The van der Waals surface area contributed by atoms with Crippen LogP contribution in [-0.4, -0.2) is 26.8 Å². The molecule has 0 radical (unpaired) electrons. The van der Waals surface area contributed by atoms with Crippen LogP contribution < -0.4 is 9.46 Å². The average molecular weight is 281 g/mol. The minimum atomic E-state index is -3.31. The first-order valence-electron chi connectivity index (χ1n) is 3.60. The smallest absolute Gasteiger partial charge is 0.239 e. The van der Waals surface area contributed by atoms with Crippen LogP contribution in [0.15, 0.2) is 16.7 Å². The summed E-state index contributed by atoms with van der Waals surface area (Å²) in [5.41, 5.74) is 0.318. The van der Waals surface area contributed by atoms with Gasteiger partial charge in [-0.2, -0.15) is 0 Å². The Morgan fingerprint density at radius 3 is 2.64 bits per heavy atom. The molecular formula is C7H9BrN2O3S. The number of aromatic nitrogens is 1. The summed E-state index contributed by atoms with van der Waals surface area (Å²) in [5, 5.41) is 0. The largest absolute Gasteiger partial charge is 0.479 e. The molecule has 0 fully saturated rings. The number of sulfonamides is 1. The van der Waals surface area contributed by atoms with Gasteiger partial charge >= 0.3 is 0 Å². The number of rotatable bonds is 3. The Bertz CT molecular complexity index is 433. The van der Waals surface area contributed by atoms with Crippen molar-refractivity contribution in [3.63, 3.8) is 0 Å². The maximum Gasteiger partial charge on any atom is 0.239 e. The van der Waals surface area contributed by atoms with Gasteiger partial charge in [0.25, 0.3) is 0 Å². The summed E-state index contributed by atoms with van der Waals surface area (Å²) < 4.78 is 29.7. The topological polar surface area (TPSA) is 68.3 Å². The minimum Gasteiger partial charge on any atom is -0.479 e. The summed E-state index contributed by atoms with van der Waals surface area (Å²) in [6.07, 6.45) is 1.06. The van der Waals surface area contributed by atoms with Gasteiger partial charge in [-0.05, 0) is 28.1 Å². The quantitative estimate of drug-likeness (QED) is 0.846. The van der Waals surface area contributed by atoms with Crippen LogP contribution >= 0.6 is 15.9 Å². The lowest BCUT2D eigenvalue weighted by molar-refractivity contribution is 0.399. The molecule has 5 nitrogen and oxygen atoms in total. The van der Waals surface area contributed by atoms with Gasteiger partial charge in [-0.1, -0.05) is 0 Å². The predicted octanol–water partition coefficient (Wildman–Crippen LogP) is 1.22. The van der Waals surface area contributed by atoms with Crippen LogP contribution in [0, 0.1) is 0 Å². The van der Waals surface area contributed by atoms with E-state index in [0.29, 0.717) is 10.3 Å². The number of nitrogens with one attached hydrogen (secondary N) is 1. The number of ether oxygens (including phenoxy) is 1. The third kappa shape index (κ3) is 3.15. The van der Waals surface area contributed by atoms with Crippen LogP contribution in [-0.2, 0) is 10.0 Å². The van der Waals surface area contributed by atoms with Crippen LogP contribution in [0.2, 0.25) is 0 Å². The Morgan fingerprint density at radius 1 is 1.50 bits per heavy atom. The van der Waals surface area contributed by atoms with Gasteiger partial charge in [0.1, 0.15) is 10.3 Å². The molecule has 0 spiro atoms. The fraction of sp³-hybridized carbons (Fsp3) is 0.286. The zero-order valence-corrected chi connectivity index (χ0v) is 10.0. The number of methoxy groups -OCH3 is 1. The Labute approximate surface area is 90.7 Å². The van der Waals surface area contributed by atoms with Crippen LogP contribution in [0.4, 0.5) is 5.69 Å². The highest BCUT2D eigenvalue weighted by molar-refractivity contribution is 9.10. The number of pyridine rings is 1. The summed E-state index contributed by atoms with van der Waals surface area (Å²) in [6.45, 7) is 0. The monoisotopic (exact) mass is 280 g/mol. The molecule has 0 bridgehead atoms. The molecule has 78 valence electrons. The van der Waals surface area contributed by atoms with Crippen LogP contribution in [0.3, 0.4) is 0 Å².